The summed E-state index contributed by atoms with van der Waals surface area (Å²) in [5.41, 5.74) is 6.49. The molecular formula is C85H138N6O12Si4. The molecule has 0 aromatic heterocycles. The second-order valence-electron chi connectivity index (χ2n) is 34.5. The molecule has 7 atom stereocenters. The van der Waals surface area contributed by atoms with Crippen molar-refractivity contribution < 1.29 is 56.3 Å². The largest absolute Gasteiger partial charge is 0.543 e. The average molecular weight is 1550 g/mol. The predicted molar refractivity (Wildman–Crippen MR) is 443 cm³/mol. The maximum absolute atomic E-state index is 16.9. The van der Waals surface area contributed by atoms with Crippen LogP contribution in [0.5, 0.6) is 11.5 Å². The molecule has 1 aliphatic heterocycles. The number of likely N-dealkylation sites (tertiary alicyclic amines) is 1. The van der Waals surface area contributed by atoms with Gasteiger partial charge in [-0.3, -0.25) is 25.1 Å². The number of amides is 5. The van der Waals surface area contributed by atoms with Crippen LogP contribution in [0.1, 0.15) is 227 Å². The van der Waals surface area contributed by atoms with E-state index in [0.717, 1.165) is 39.5 Å². The summed E-state index contributed by atoms with van der Waals surface area (Å²) in [4.78, 5) is 78.6. The van der Waals surface area contributed by atoms with Crippen LogP contribution < -0.4 is 24.8 Å². The molecule has 596 valence electrons. The number of hydrogen-bond acceptors (Lipinski definition) is 13. The third kappa shape index (κ3) is 21.9. The minimum atomic E-state index is -2.83. The Morgan fingerprint density at radius 1 is 0.514 bits per heavy atom. The third-order valence-electron chi connectivity index (χ3n) is 24.1. The number of nitrogens with zero attached hydrogens (tertiary/aromatic N) is 2. The molecule has 107 heavy (non-hydrogen) atoms. The van der Waals surface area contributed by atoms with Crippen LogP contribution >= 0.6 is 0 Å². The molecule has 6 rings (SSSR count). The molecule has 2 fully saturated rings. The average Bonchev–Trinajstić information content (AvgIpc) is 1.69. The van der Waals surface area contributed by atoms with Crippen LogP contribution in [0.3, 0.4) is 0 Å². The number of guanidine groups is 1. The second-order valence-corrected chi connectivity index (χ2v) is 56.0. The van der Waals surface area contributed by atoms with E-state index in [-0.39, 0.29) is 74.1 Å². The van der Waals surface area contributed by atoms with E-state index in [9.17, 15) is 14.7 Å². The van der Waals surface area contributed by atoms with E-state index in [1.54, 1.807) is 29.2 Å². The Kier molecular flexibility index (Phi) is 33.7. The smallest absolute Gasteiger partial charge is 0.416 e. The zero-order chi connectivity index (χ0) is 79.6. The van der Waals surface area contributed by atoms with Gasteiger partial charge < -0.3 is 47.8 Å². The number of ether oxygens (including phenoxy) is 2. The van der Waals surface area contributed by atoms with Crippen molar-refractivity contribution in [3.05, 3.63) is 131 Å². The molecule has 18 nitrogen and oxygen atoms in total. The summed E-state index contributed by atoms with van der Waals surface area (Å²) in [5.74, 6) is -0.382. The maximum Gasteiger partial charge on any atom is 0.416 e. The minimum Gasteiger partial charge on any atom is -0.543 e. The molecule has 5 amide bonds. The summed E-state index contributed by atoms with van der Waals surface area (Å²) in [7, 11) is -9.99. The third-order valence-corrected chi connectivity index (χ3v) is 48.3. The van der Waals surface area contributed by atoms with Crippen LogP contribution in [0, 0.1) is 11.3 Å². The van der Waals surface area contributed by atoms with Crippen molar-refractivity contribution in [1.29, 1.82) is 5.41 Å². The number of aliphatic hydroxyl groups is 1. The first-order chi connectivity index (χ1) is 50.3. The Bertz CT molecular complexity index is 3360. The van der Waals surface area contributed by atoms with Crippen LogP contribution in [0.15, 0.2) is 109 Å². The predicted octanol–water partition coefficient (Wildman–Crippen LogP) is 19.7. The van der Waals surface area contributed by atoms with Crippen LogP contribution in [-0.2, 0) is 58.8 Å². The molecule has 1 saturated carbocycles. The molecule has 4 aromatic rings. The van der Waals surface area contributed by atoms with Crippen LogP contribution in [0.4, 0.5) is 9.59 Å². The van der Waals surface area contributed by atoms with E-state index in [0.29, 0.717) is 74.7 Å². The molecule has 1 heterocycles. The molecule has 5 N–H and O–H groups in total. The SMILES string of the molecule is CC(C)[Si](Oc1ccc(C[C@@H](NC(=O)[C@@H](Cc2ccc(O[Si](C(C)C)(C(C)C)C(C)C)cc2)O[Si](C(C)C)(C(C)C)C(C)C)C(=O)N2[C@H](C(=O)N[C@@H](CO)CCCN(C(=N)NC(=O)OCc3ccccc3)C(=O)OCc3ccccc3)C[C@@H]3CC[C@@H](O[Si](C(C)C)(C(C)C)C(C)C)C[C@@H]32)cc1)(C(C)C)C(C)C. The molecule has 1 aliphatic carbocycles. The monoisotopic (exact) mass is 1550 g/mol. The lowest BCUT2D eigenvalue weighted by Crippen LogP contribution is -2.60. The Morgan fingerprint density at radius 3 is 1.37 bits per heavy atom. The Labute approximate surface area is 648 Å². The van der Waals surface area contributed by atoms with Gasteiger partial charge in [-0.05, 0) is 157 Å². The van der Waals surface area contributed by atoms with Crippen LogP contribution in [-0.4, -0.2) is 134 Å². The number of hydrogen-bond donors (Lipinski definition) is 5. The molecule has 2 aliphatic rings. The molecule has 0 spiro atoms. The van der Waals surface area contributed by atoms with Gasteiger partial charge >= 0.3 is 12.2 Å². The highest BCUT2D eigenvalue weighted by atomic mass is 28.4. The molecule has 4 aromatic carbocycles. The van der Waals surface area contributed by atoms with E-state index in [1.165, 1.54) is 0 Å². The summed E-state index contributed by atoms with van der Waals surface area (Å²) < 4.78 is 40.7. The summed E-state index contributed by atoms with van der Waals surface area (Å²) in [6, 6.07) is 30.8. The fourth-order valence-corrected chi connectivity index (χ4v) is 40.8. The van der Waals surface area contributed by atoms with Gasteiger partial charge in [-0.15, -0.1) is 0 Å². The van der Waals surface area contributed by atoms with Crippen molar-refractivity contribution in [3.63, 3.8) is 0 Å². The summed E-state index contributed by atoms with van der Waals surface area (Å²) >= 11 is 0. The second kappa shape index (κ2) is 40.2. The highest BCUT2D eigenvalue weighted by molar-refractivity contribution is 6.79. The molecular weight excluding hydrogens is 1410 g/mol. The number of carbonyl (C=O) groups excluding carboxylic acids is 5. The van der Waals surface area contributed by atoms with Gasteiger partial charge in [-0.25, -0.2) is 14.5 Å². The first-order valence-electron chi connectivity index (χ1n) is 40.3. The summed E-state index contributed by atoms with van der Waals surface area (Å²) in [6.45, 7) is 53.4. The van der Waals surface area contributed by atoms with Gasteiger partial charge in [0.1, 0.15) is 42.9 Å². The Morgan fingerprint density at radius 2 is 0.944 bits per heavy atom. The Hall–Kier alpha value is -6.15. The quantitative estimate of drug-likeness (QED) is 0.0160. The van der Waals surface area contributed by atoms with Crippen molar-refractivity contribution in [1.82, 2.24) is 25.8 Å². The van der Waals surface area contributed by atoms with Crippen molar-refractivity contribution in [3.8, 4) is 11.5 Å². The van der Waals surface area contributed by atoms with E-state index in [1.807, 2.05) is 72.8 Å². The van der Waals surface area contributed by atoms with Gasteiger partial charge in [0.05, 0.1) is 12.6 Å². The molecule has 0 bridgehead atoms. The number of fused-ring (bicyclic) bond motifs is 1. The van der Waals surface area contributed by atoms with Gasteiger partial charge in [0.15, 0.2) is 0 Å². The highest BCUT2D eigenvalue weighted by Crippen LogP contribution is 2.50. The number of carbonyl (C=O) groups is 5. The maximum atomic E-state index is 16.9. The van der Waals surface area contributed by atoms with Gasteiger partial charge in [-0.2, -0.15) is 0 Å². The van der Waals surface area contributed by atoms with E-state index < -0.39 is 106 Å². The van der Waals surface area contributed by atoms with E-state index in [2.05, 4.69) is 194 Å². The molecule has 0 unspecified atom stereocenters. The number of benzene rings is 4. The number of alkyl carbamates (subject to hydrolysis) is 1. The zero-order valence-electron chi connectivity index (χ0n) is 69.7. The van der Waals surface area contributed by atoms with Gasteiger partial charge in [0.25, 0.3) is 16.6 Å². The number of nitrogens with one attached hydrogen (secondary N) is 4. The van der Waals surface area contributed by atoms with Crippen molar-refractivity contribution in [2.75, 3.05) is 13.2 Å². The first-order valence-corrected chi connectivity index (χ1v) is 48.9. The van der Waals surface area contributed by atoms with Gasteiger partial charge in [-0.1, -0.05) is 251 Å². The van der Waals surface area contributed by atoms with Gasteiger partial charge in [0, 0.05) is 31.5 Å². The number of rotatable bonds is 38. The fourth-order valence-electron chi connectivity index (χ4n) is 19.2. The summed E-state index contributed by atoms with van der Waals surface area (Å²) in [6.07, 6.45) is -0.183. The van der Waals surface area contributed by atoms with Crippen molar-refractivity contribution >= 4 is 69.1 Å². The normalized spacial score (nSPS) is 17.6. The standard InChI is InChI=1S/C85H138N6O12Si4/c1-55(2)104(56(3)4,57(5)6)100-73-42-37-67(38-43-73)48-76(88-81(94)79(103-107(64(19)20,65(21)22)66(23)24)49-68-39-44-74(45-40-68)101-105(58(7)8,59(9)10)60(11)12)82(95)91-77-51-75(102-106(61(13)14,62(15)16)63(17)18)46-41-71(77)50-78(91)80(93)87-72(52-92)36-31-47-90(85(97)99-54-70-34-29-26-30-35-70)83(86)89-84(96)98-53-69-32-27-25-28-33-69/h25-30,32-35,37-40,42-45,55-66,71-72,75-79,92H,31,36,41,46-54H2,1-24H3,(H,87,93)(H,88,94)(H2,86,89,96)/t71-,72+,75+,76+,77-,78-,79+/m0/s1. The number of aliphatic hydroxyl groups excluding tert-OH is 1. The highest BCUT2D eigenvalue weighted by Gasteiger charge is 2.55. The van der Waals surface area contributed by atoms with E-state index in [4.69, 9.17) is 32.6 Å². The molecule has 0 radical (unpaired) electrons. The Balaban J connectivity index is 1.44. The van der Waals surface area contributed by atoms with Crippen LogP contribution in [0.25, 0.3) is 0 Å². The lowest BCUT2D eigenvalue weighted by atomic mass is 9.83. The first kappa shape index (κ1) is 89.7. The topological polar surface area (TPSA) is 227 Å². The molecule has 1 saturated heterocycles. The minimum absolute atomic E-state index is 0.0694. The van der Waals surface area contributed by atoms with Crippen molar-refractivity contribution in [2.24, 2.45) is 5.92 Å². The van der Waals surface area contributed by atoms with Crippen LogP contribution in [0.2, 0.25) is 66.5 Å². The van der Waals surface area contributed by atoms with E-state index >= 15 is 14.4 Å². The lowest BCUT2D eigenvalue weighted by molar-refractivity contribution is -0.145. The zero-order valence-corrected chi connectivity index (χ0v) is 73.7. The fraction of sp³-hybridized carbons (Fsp3) is 0.647. The lowest BCUT2D eigenvalue weighted by Gasteiger charge is -2.47. The summed E-state index contributed by atoms with van der Waals surface area (Å²) in [5, 5.41) is 29.1. The van der Waals surface area contributed by atoms with Crippen molar-refractivity contribution in [2.45, 2.75) is 334 Å². The van der Waals surface area contributed by atoms with Gasteiger partial charge in [0.2, 0.25) is 40.3 Å². The molecule has 22 heteroatoms.